The van der Waals surface area contributed by atoms with Crippen LogP contribution in [0.3, 0.4) is 0 Å². The number of carboxylic acid groups (broad SMARTS) is 2. The number of ether oxygens (including phenoxy) is 1. The van der Waals surface area contributed by atoms with Gasteiger partial charge in [0.05, 0.1) is 23.8 Å². The van der Waals surface area contributed by atoms with Gasteiger partial charge in [-0.05, 0) is 24.3 Å². The van der Waals surface area contributed by atoms with Crippen LogP contribution in [0.2, 0.25) is 0 Å². The van der Waals surface area contributed by atoms with Crippen LogP contribution in [0, 0.1) is 5.92 Å². The van der Waals surface area contributed by atoms with Crippen LogP contribution in [0.5, 0.6) is 0 Å². The Bertz CT molecular complexity index is 786. The van der Waals surface area contributed by atoms with Gasteiger partial charge < -0.3 is 14.9 Å². The van der Waals surface area contributed by atoms with Crippen molar-refractivity contribution in [1.82, 2.24) is 0 Å². The lowest BCUT2D eigenvalue weighted by molar-refractivity contribution is -0.149. The summed E-state index contributed by atoms with van der Waals surface area (Å²) in [6, 6.07) is 5.61. The van der Waals surface area contributed by atoms with Gasteiger partial charge in [-0.15, -0.1) is 0 Å². The van der Waals surface area contributed by atoms with E-state index in [1.54, 1.807) is 0 Å². The van der Waals surface area contributed by atoms with E-state index in [-0.39, 0.29) is 17.9 Å². The number of benzene rings is 1. The molecule has 1 aliphatic rings. The lowest BCUT2D eigenvalue weighted by Gasteiger charge is -2.15. The Kier molecular flexibility index (Phi) is 5.31. The molecule has 1 heterocycles. The van der Waals surface area contributed by atoms with E-state index < -0.39 is 46.3 Å². The number of nitrogens with zero attached hydrogens (tertiary/aromatic N) is 1. The predicted octanol–water partition coefficient (Wildman–Crippen LogP) is 0.981. The van der Waals surface area contributed by atoms with Crippen LogP contribution in [-0.4, -0.2) is 55.6 Å². The molecular weight excluding hydrogens is 354 g/mol. The second kappa shape index (κ2) is 7.09. The Labute approximate surface area is 143 Å². The molecule has 1 amide bonds. The average Bonchev–Trinajstić information content (AvgIpc) is 2.86. The van der Waals surface area contributed by atoms with E-state index >= 15 is 0 Å². The summed E-state index contributed by atoms with van der Waals surface area (Å²) in [7, 11) is -3.36. The topological polar surface area (TPSA) is 138 Å². The summed E-state index contributed by atoms with van der Waals surface area (Å²) in [5, 5.41) is 17.8. The molecule has 2 atom stereocenters. The van der Waals surface area contributed by atoms with Gasteiger partial charge in [0.2, 0.25) is 0 Å². The van der Waals surface area contributed by atoms with Crippen molar-refractivity contribution in [3.63, 3.8) is 0 Å². The van der Waals surface area contributed by atoms with Gasteiger partial charge in [-0.25, -0.2) is 13.2 Å². The van der Waals surface area contributed by atoms with E-state index in [1.165, 1.54) is 29.2 Å². The zero-order valence-corrected chi connectivity index (χ0v) is 14.1. The van der Waals surface area contributed by atoms with E-state index in [0.29, 0.717) is 5.69 Å². The first-order valence-corrected chi connectivity index (χ1v) is 9.20. The maximum atomic E-state index is 12.0. The monoisotopic (exact) mass is 371 g/mol. The summed E-state index contributed by atoms with van der Waals surface area (Å²) in [4.78, 5) is 35.1. The van der Waals surface area contributed by atoms with Gasteiger partial charge in [0, 0.05) is 18.4 Å². The lowest BCUT2D eigenvalue weighted by atomic mass is 9.98. The number of cyclic esters (lactones) is 1. The molecule has 2 N–H and O–H groups in total. The zero-order valence-electron chi connectivity index (χ0n) is 13.3. The van der Waals surface area contributed by atoms with Crippen LogP contribution in [0.4, 0.5) is 10.5 Å². The summed E-state index contributed by atoms with van der Waals surface area (Å²) in [6.45, 7) is 0.0560. The highest BCUT2D eigenvalue weighted by molar-refractivity contribution is 7.90. The molecule has 9 nitrogen and oxygen atoms in total. The number of amides is 1. The summed E-state index contributed by atoms with van der Waals surface area (Å²) >= 11 is 0. The molecule has 2 rings (SSSR count). The van der Waals surface area contributed by atoms with Crippen LogP contribution in [0.25, 0.3) is 0 Å². The normalized spacial score (nSPS) is 18.7. The first-order chi connectivity index (χ1) is 11.6. The van der Waals surface area contributed by atoms with Crippen LogP contribution < -0.4 is 4.90 Å². The van der Waals surface area contributed by atoms with Crippen molar-refractivity contribution in [2.45, 2.75) is 23.8 Å². The Morgan fingerprint density at radius 3 is 2.36 bits per heavy atom. The smallest absolute Gasteiger partial charge is 0.414 e. The number of carboxylic acids is 2. The van der Waals surface area contributed by atoms with Crippen molar-refractivity contribution in [2.75, 3.05) is 17.7 Å². The van der Waals surface area contributed by atoms with Gasteiger partial charge >= 0.3 is 18.0 Å². The molecule has 1 fully saturated rings. The van der Waals surface area contributed by atoms with Crippen molar-refractivity contribution in [1.29, 1.82) is 0 Å². The minimum atomic E-state index is -3.36. The third-order valence-corrected chi connectivity index (χ3v) is 4.90. The lowest BCUT2D eigenvalue weighted by Crippen LogP contribution is -2.27. The Balaban J connectivity index is 2.09. The molecule has 0 saturated carbocycles. The maximum absolute atomic E-state index is 12.0. The summed E-state index contributed by atoms with van der Waals surface area (Å²) in [5.41, 5.74) is 0.407. The molecule has 0 aliphatic carbocycles. The third-order valence-electron chi connectivity index (χ3n) is 3.77. The maximum Gasteiger partial charge on any atom is 0.414 e. The van der Waals surface area contributed by atoms with E-state index in [4.69, 9.17) is 14.9 Å². The average molecular weight is 371 g/mol. The molecule has 1 aromatic rings. The summed E-state index contributed by atoms with van der Waals surface area (Å²) in [5.74, 6) is -3.68. The first-order valence-electron chi connectivity index (χ1n) is 7.31. The van der Waals surface area contributed by atoms with Crippen LogP contribution >= 0.6 is 0 Å². The van der Waals surface area contributed by atoms with Crippen LogP contribution in [-0.2, 0) is 24.2 Å². The quantitative estimate of drug-likeness (QED) is 0.723. The second-order valence-corrected chi connectivity index (χ2v) is 7.77. The van der Waals surface area contributed by atoms with Crippen LogP contribution in [0.1, 0.15) is 12.8 Å². The number of carbonyl (C=O) groups excluding carboxylic acids is 1. The van der Waals surface area contributed by atoms with E-state index in [1.807, 2.05) is 0 Å². The zero-order chi connectivity index (χ0) is 18.8. The largest absolute Gasteiger partial charge is 0.481 e. The molecule has 136 valence electrons. The Morgan fingerprint density at radius 1 is 1.28 bits per heavy atom. The molecule has 25 heavy (non-hydrogen) atoms. The van der Waals surface area contributed by atoms with Gasteiger partial charge in [-0.1, -0.05) is 0 Å². The number of aliphatic carboxylic acids is 2. The fraction of sp³-hybridized carbons (Fsp3) is 0.400. The minimum absolute atomic E-state index is 0.0560. The number of sulfone groups is 1. The molecule has 1 aliphatic heterocycles. The predicted molar refractivity (Wildman–Crippen MR) is 85.2 cm³/mol. The minimum Gasteiger partial charge on any atom is -0.481 e. The van der Waals surface area contributed by atoms with Crippen molar-refractivity contribution >= 4 is 33.6 Å². The van der Waals surface area contributed by atoms with Gasteiger partial charge in [0.15, 0.2) is 9.84 Å². The SMILES string of the molecule is CS(=O)(=O)c1ccc(N2CC(CC(CC(=O)O)C(=O)O)OC2=O)cc1. The van der Waals surface area contributed by atoms with Gasteiger partial charge in [0.25, 0.3) is 0 Å². The highest BCUT2D eigenvalue weighted by Crippen LogP contribution is 2.26. The van der Waals surface area contributed by atoms with Crippen molar-refractivity contribution in [3.8, 4) is 0 Å². The fourth-order valence-corrected chi connectivity index (χ4v) is 3.16. The van der Waals surface area contributed by atoms with Gasteiger partial charge in [-0.3, -0.25) is 14.5 Å². The van der Waals surface area contributed by atoms with Crippen molar-refractivity contribution < 1.29 is 37.8 Å². The van der Waals surface area contributed by atoms with E-state index in [2.05, 4.69) is 0 Å². The van der Waals surface area contributed by atoms with Gasteiger partial charge in [0.1, 0.15) is 6.10 Å². The van der Waals surface area contributed by atoms with E-state index in [0.717, 1.165) is 6.26 Å². The molecule has 0 radical (unpaired) electrons. The molecular formula is C15H17NO8S. The summed E-state index contributed by atoms with van der Waals surface area (Å²) < 4.78 is 28.0. The van der Waals surface area contributed by atoms with Crippen LogP contribution in [0.15, 0.2) is 29.2 Å². The molecule has 0 aromatic heterocycles. The highest BCUT2D eigenvalue weighted by Gasteiger charge is 2.36. The molecule has 1 aromatic carbocycles. The highest BCUT2D eigenvalue weighted by atomic mass is 32.2. The van der Waals surface area contributed by atoms with Crippen molar-refractivity contribution in [2.24, 2.45) is 5.92 Å². The number of hydrogen-bond acceptors (Lipinski definition) is 6. The number of hydrogen-bond donors (Lipinski definition) is 2. The molecule has 0 spiro atoms. The number of rotatable bonds is 7. The number of anilines is 1. The molecule has 10 heteroatoms. The standard InChI is InChI=1S/C15H17NO8S/c1-25(22,23)12-4-2-10(3-5-12)16-8-11(24-15(16)21)6-9(14(19)20)7-13(17)18/h2-5,9,11H,6-8H2,1H3,(H,17,18)(H,19,20). The molecule has 0 bridgehead atoms. The Morgan fingerprint density at radius 2 is 1.88 bits per heavy atom. The molecule has 1 saturated heterocycles. The van der Waals surface area contributed by atoms with Crippen molar-refractivity contribution in [3.05, 3.63) is 24.3 Å². The van der Waals surface area contributed by atoms with E-state index in [9.17, 15) is 22.8 Å². The fourth-order valence-electron chi connectivity index (χ4n) is 2.53. The second-order valence-electron chi connectivity index (χ2n) is 5.75. The molecule has 2 unspecified atom stereocenters. The van der Waals surface area contributed by atoms with Gasteiger partial charge in [-0.2, -0.15) is 0 Å². The first kappa shape index (κ1) is 18.7. The number of carbonyl (C=O) groups is 3. The summed E-state index contributed by atoms with van der Waals surface area (Å²) in [6.07, 6.45) is -1.08. The third kappa shape index (κ3) is 4.69. The Hall–Kier alpha value is -2.62.